The van der Waals surface area contributed by atoms with E-state index in [1.807, 2.05) is 0 Å². The van der Waals surface area contributed by atoms with Crippen molar-refractivity contribution in [1.29, 1.82) is 0 Å². The number of esters is 3. The average Bonchev–Trinajstić information content (AvgIpc) is 0.899. The number of aliphatic hydroxyl groups is 2. The minimum Gasteiger partial charge on any atom is -0.463 e. The van der Waals surface area contributed by atoms with Gasteiger partial charge in [0.25, 0.3) is 0 Å². The Morgan fingerprint density at radius 2 is 0.442 bits per heavy atom. The quantitative estimate of drug-likeness (QED) is 0.0146. The SMILES string of the molecule is CCCCC/C=C\C/C=C\C/C=C\C/C=C\CCCCCCCCCCCCCCCCCCCCCC(=O)OCC(O)COP(=O)(O)OCC(O)COP(=O)(O)OCC(COC(=O)CCCCCCCCC/C=C\C/C=C\C/C=C\C/C=C\CCCCC)OC(=O)CCCCCCCC/C=C\C/C=C\C/C=C\CCCCC. The first kappa shape index (κ1) is 109. The number of allylic oxidation sites excluding steroid dienone is 22. The molecule has 0 saturated heterocycles. The fourth-order valence-corrected chi connectivity index (χ4v) is 14.0. The van der Waals surface area contributed by atoms with Gasteiger partial charge in [0.05, 0.1) is 26.4 Å². The first-order chi connectivity index (χ1) is 55.2. The molecule has 0 aromatic heterocycles. The van der Waals surface area contributed by atoms with Crippen molar-refractivity contribution in [3.05, 3.63) is 134 Å². The normalized spacial score (nSPS) is 14.4. The first-order valence-electron chi connectivity index (χ1n) is 45.5. The Labute approximate surface area is 690 Å². The molecule has 0 aliphatic rings. The van der Waals surface area contributed by atoms with Crippen molar-refractivity contribution >= 4 is 33.6 Å². The Hall–Kier alpha value is -4.31. The van der Waals surface area contributed by atoms with Crippen molar-refractivity contribution in [2.45, 2.75) is 411 Å². The van der Waals surface area contributed by atoms with Gasteiger partial charge in [-0.2, -0.15) is 0 Å². The van der Waals surface area contributed by atoms with Crippen LogP contribution in [0, 0.1) is 0 Å². The van der Waals surface area contributed by atoms with E-state index in [2.05, 4.69) is 154 Å². The molecule has 16 nitrogen and oxygen atoms in total. The minimum absolute atomic E-state index is 0.0854. The molecule has 0 spiro atoms. The van der Waals surface area contributed by atoms with Crippen molar-refractivity contribution < 1.29 is 75.8 Å². The van der Waals surface area contributed by atoms with E-state index in [-0.39, 0.29) is 19.3 Å². The number of ether oxygens (including phenoxy) is 3. The van der Waals surface area contributed by atoms with E-state index in [4.69, 9.17) is 32.3 Å². The van der Waals surface area contributed by atoms with Crippen LogP contribution in [0.4, 0.5) is 0 Å². The van der Waals surface area contributed by atoms with Crippen LogP contribution in [0.25, 0.3) is 0 Å². The highest BCUT2D eigenvalue weighted by molar-refractivity contribution is 7.47. The maximum atomic E-state index is 13.0. The summed E-state index contributed by atoms with van der Waals surface area (Å²) in [5.41, 5.74) is 0. The third kappa shape index (κ3) is 88.3. The molecule has 652 valence electrons. The predicted molar refractivity (Wildman–Crippen MR) is 473 cm³/mol. The summed E-state index contributed by atoms with van der Waals surface area (Å²) < 4.78 is 61.4. The van der Waals surface area contributed by atoms with Crippen LogP contribution < -0.4 is 0 Å². The van der Waals surface area contributed by atoms with Crippen molar-refractivity contribution in [1.82, 2.24) is 0 Å². The van der Waals surface area contributed by atoms with Gasteiger partial charge in [-0.25, -0.2) is 9.13 Å². The number of carbonyl (C=O) groups excluding carboxylic acids is 3. The number of phosphoric ester groups is 2. The van der Waals surface area contributed by atoms with Gasteiger partial charge < -0.3 is 34.2 Å². The summed E-state index contributed by atoms with van der Waals surface area (Å²) >= 11 is 0. The largest absolute Gasteiger partial charge is 0.472 e. The number of phosphoric acid groups is 2. The molecule has 0 saturated carbocycles. The summed E-state index contributed by atoms with van der Waals surface area (Å²) in [6.45, 7) is 2.62. The summed E-state index contributed by atoms with van der Waals surface area (Å²) in [7, 11) is -9.81. The molecule has 0 fully saturated rings. The minimum atomic E-state index is -4.94. The van der Waals surface area contributed by atoms with E-state index in [0.29, 0.717) is 19.3 Å². The van der Waals surface area contributed by atoms with Crippen LogP contribution in [0.2, 0.25) is 0 Å². The van der Waals surface area contributed by atoms with E-state index in [0.717, 1.165) is 161 Å². The number of aliphatic hydroxyl groups excluding tert-OH is 2. The smallest absolute Gasteiger partial charge is 0.463 e. The lowest BCUT2D eigenvalue weighted by Gasteiger charge is -2.21. The second-order valence-corrected chi connectivity index (χ2v) is 33.3. The summed E-state index contributed by atoms with van der Waals surface area (Å²) in [5.74, 6) is -1.59. The fourth-order valence-electron chi connectivity index (χ4n) is 12.4. The van der Waals surface area contributed by atoms with Crippen LogP contribution in [0.5, 0.6) is 0 Å². The Kier molecular flexibility index (Phi) is 83.7. The molecule has 113 heavy (non-hydrogen) atoms. The van der Waals surface area contributed by atoms with Crippen LogP contribution in [0.3, 0.4) is 0 Å². The number of unbranched alkanes of at least 4 members (excludes halogenated alkanes) is 41. The summed E-state index contributed by atoms with van der Waals surface area (Å²) in [6.07, 6.45) is 108. The second-order valence-electron chi connectivity index (χ2n) is 30.4. The van der Waals surface area contributed by atoms with Gasteiger partial charge >= 0.3 is 33.6 Å². The van der Waals surface area contributed by atoms with Gasteiger partial charge in [0.1, 0.15) is 25.4 Å². The van der Waals surface area contributed by atoms with Gasteiger partial charge in [0, 0.05) is 19.3 Å². The second kappa shape index (κ2) is 87.0. The summed E-state index contributed by atoms with van der Waals surface area (Å²) in [6, 6.07) is 0. The molecule has 0 aliphatic carbocycles. The molecule has 0 rings (SSSR count). The highest BCUT2D eigenvalue weighted by Crippen LogP contribution is 2.45. The summed E-state index contributed by atoms with van der Waals surface area (Å²) in [5, 5.41) is 20.7. The van der Waals surface area contributed by atoms with Crippen molar-refractivity contribution in [3.8, 4) is 0 Å². The molecule has 18 heteroatoms. The van der Waals surface area contributed by atoms with Crippen LogP contribution >= 0.6 is 15.6 Å². The molecule has 5 atom stereocenters. The van der Waals surface area contributed by atoms with E-state index >= 15 is 0 Å². The Morgan fingerprint density at radius 1 is 0.248 bits per heavy atom. The fraction of sp³-hybridized carbons (Fsp3) is 0.737. The number of carbonyl (C=O) groups is 3. The molecule has 4 N–H and O–H groups in total. The Bertz CT molecular complexity index is 2580. The van der Waals surface area contributed by atoms with Crippen LogP contribution in [0.1, 0.15) is 393 Å². The van der Waals surface area contributed by atoms with E-state index in [9.17, 15) is 43.5 Å². The van der Waals surface area contributed by atoms with Gasteiger partial charge in [-0.15, -0.1) is 0 Å². The third-order valence-electron chi connectivity index (χ3n) is 19.3. The maximum Gasteiger partial charge on any atom is 0.472 e. The monoisotopic (exact) mass is 1630 g/mol. The van der Waals surface area contributed by atoms with Gasteiger partial charge in [-0.1, -0.05) is 360 Å². The number of hydrogen-bond donors (Lipinski definition) is 4. The standard InChI is InChI=1S/C95H166O16P2/c1-4-7-10-13-16-19-22-25-28-31-34-36-38-39-40-41-42-43-44-45-46-47-48-49-51-53-55-57-60-63-66-69-72-75-78-81-93(98)105-84-90(96)85-107-112(101,102)108-86-91(97)87-109-113(103,104)110-89-92(111-95(100)83-80-77-74-71-68-65-62-59-54-33-30-27-24-21-18-15-12-9-6-3)88-106-94(99)82-79-76-73-70-67-64-61-58-56-52-50-37-35-32-29-26-23-20-17-14-11-8-5-2/h16-21,25-30,34-37,39-40,52,54,56,59,90-92,96-97H,4-15,22-24,31-33,38,41-51,53,55,57-58,60-89H2,1-3H3,(H,101,102)(H,103,104)/b19-16-,20-17-,21-18-,28-25-,29-26-,30-27-,36-34-,37-35-,40-39-,56-52-,59-54-. The third-order valence-corrected chi connectivity index (χ3v) is 21.2. The predicted octanol–water partition coefficient (Wildman–Crippen LogP) is 27.8. The highest BCUT2D eigenvalue weighted by atomic mass is 31.2. The lowest BCUT2D eigenvalue weighted by atomic mass is 10.0. The zero-order valence-electron chi connectivity index (χ0n) is 71.8. The molecule has 5 unspecified atom stereocenters. The first-order valence-corrected chi connectivity index (χ1v) is 48.5. The number of hydrogen-bond acceptors (Lipinski definition) is 14. The highest BCUT2D eigenvalue weighted by Gasteiger charge is 2.29. The topological polar surface area (TPSA) is 231 Å². The molecule has 0 aromatic carbocycles. The average molecular weight is 1630 g/mol. The zero-order chi connectivity index (χ0) is 82.2. The lowest BCUT2D eigenvalue weighted by molar-refractivity contribution is -0.161. The van der Waals surface area contributed by atoms with Crippen LogP contribution in [-0.4, -0.2) is 95.9 Å². The van der Waals surface area contributed by atoms with Crippen molar-refractivity contribution in [3.63, 3.8) is 0 Å². The molecule has 0 aliphatic heterocycles. The number of rotatable bonds is 86. The van der Waals surface area contributed by atoms with Crippen molar-refractivity contribution in [2.24, 2.45) is 0 Å². The molecule has 0 amide bonds. The van der Waals surface area contributed by atoms with Gasteiger partial charge in [0.15, 0.2) is 6.10 Å². The van der Waals surface area contributed by atoms with Crippen LogP contribution in [0.15, 0.2) is 134 Å². The molecule has 0 bridgehead atoms. The molecule has 0 radical (unpaired) electrons. The van der Waals surface area contributed by atoms with Crippen molar-refractivity contribution in [2.75, 3.05) is 39.6 Å². The molecule has 0 aromatic rings. The Morgan fingerprint density at radius 3 is 0.699 bits per heavy atom. The molecular formula is C95H166O16P2. The molecule has 0 heterocycles. The van der Waals surface area contributed by atoms with Crippen LogP contribution in [-0.2, 0) is 55.8 Å². The van der Waals surface area contributed by atoms with E-state index in [1.54, 1.807) is 0 Å². The van der Waals surface area contributed by atoms with Gasteiger partial charge in [-0.3, -0.25) is 32.5 Å². The summed E-state index contributed by atoms with van der Waals surface area (Å²) in [4.78, 5) is 58.9. The molecular weight excluding hydrogens is 1460 g/mol. The van der Waals surface area contributed by atoms with Gasteiger partial charge in [-0.05, 0) is 148 Å². The van der Waals surface area contributed by atoms with E-state index in [1.165, 1.54) is 173 Å². The van der Waals surface area contributed by atoms with Gasteiger partial charge in [0.2, 0.25) is 0 Å². The zero-order valence-corrected chi connectivity index (χ0v) is 73.6. The lowest BCUT2D eigenvalue weighted by Crippen LogP contribution is -2.30. The maximum absolute atomic E-state index is 13.0. The van der Waals surface area contributed by atoms with E-state index < -0.39 is 91.5 Å². The Balaban J connectivity index is 4.49.